The van der Waals surface area contributed by atoms with E-state index >= 15 is 0 Å². The van der Waals surface area contributed by atoms with Crippen molar-refractivity contribution in [3.63, 3.8) is 0 Å². The molecule has 2 aromatic heterocycles. The maximum Gasteiger partial charge on any atom is 0.233 e. The molecular formula is C23H21N3OS2. The summed E-state index contributed by atoms with van der Waals surface area (Å²) in [4.78, 5) is 25.4. The number of nitrogens with zero attached hydrogens (tertiary/aromatic N) is 3. The summed E-state index contributed by atoms with van der Waals surface area (Å²) in [6.07, 6.45) is 4.13. The quantitative estimate of drug-likeness (QED) is 0.387. The molecular weight excluding hydrogens is 398 g/mol. The van der Waals surface area contributed by atoms with Crippen LogP contribution in [0.3, 0.4) is 0 Å². The van der Waals surface area contributed by atoms with Crippen LogP contribution in [0.2, 0.25) is 0 Å². The highest BCUT2D eigenvalue weighted by Crippen LogP contribution is 2.31. The third-order valence-electron chi connectivity index (χ3n) is 4.70. The van der Waals surface area contributed by atoms with Crippen molar-refractivity contribution in [3.8, 4) is 0 Å². The van der Waals surface area contributed by atoms with Gasteiger partial charge in [-0.2, -0.15) is 0 Å². The summed E-state index contributed by atoms with van der Waals surface area (Å²) in [7, 11) is 0. The highest BCUT2D eigenvalue weighted by Gasteiger charge is 2.21. The number of pyridine rings is 1. The maximum absolute atomic E-state index is 13.3. The van der Waals surface area contributed by atoms with Crippen LogP contribution < -0.4 is 4.90 Å². The molecule has 0 atom stereocenters. The number of aromatic nitrogens is 2. The average Bonchev–Trinajstić information content (AvgIpc) is 3.18. The molecule has 0 aliphatic rings. The third-order valence-corrected chi connectivity index (χ3v) is 6.49. The molecule has 4 nitrogen and oxygen atoms in total. The smallest absolute Gasteiger partial charge is 0.233 e. The zero-order valence-electron chi connectivity index (χ0n) is 16.3. The molecule has 0 bridgehead atoms. The van der Waals surface area contributed by atoms with Crippen LogP contribution >= 0.6 is 23.1 Å². The molecule has 29 heavy (non-hydrogen) atoms. The fourth-order valence-electron chi connectivity index (χ4n) is 3.12. The van der Waals surface area contributed by atoms with Crippen LogP contribution in [0, 0.1) is 6.92 Å². The molecule has 0 N–H and O–H groups in total. The zero-order valence-corrected chi connectivity index (χ0v) is 18.0. The van der Waals surface area contributed by atoms with Crippen molar-refractivity contribution >= 4 is 44.4 Å². The number of rotatable bonds is 6. The Balaban J connectivity index is 1.66. The molecule has 0 aliphatic heterocycles. The van der Waals surface area contributed by atoms with Crippen LogP contribution in [0.4, 0.5) is 5.13 Å². The summed E-state index contributed by atoms with van der Waals surface area (Å²) in [5.74, 6) is 0.0178. The summed E-state index contributed by atoms with van der Waals surface area (Å²) in [6, 6.07) is 20.0. The molecule has 0 fully saturated rings. The van der Waals surface area contributed by atoms with Crippen molar-refractivity contribution in [3.05, 3.63) is 83.7 Å². The van der Waals surface area contributed by atoms with Crippen molar-refractivity contribution in [2.75, 3.05) is 11.2 Å². The monoisotopic (exact) mass is 419 g/mol. The number of amides is 1. The molecule has 0 spiro atoms. The van der Waals surface area contributed by atoms with E-state index in [1.165, 1.54) is 4.90 Å². The Morgan fingerprint density at radius 3 is 2.59 bits per heavy atom. The summed E-state index contributed by atoms with van der Waals surface area (Å²) >= 11 is 3.24. The first-order chi connectivity index (χ1) is 14.1. The second-order valence-corrected chi connectivity index (χ2v) is 8.63. The molecule has 1 amide bonds. The molecule has 2 heterocycles. The zero-order chi connectivity index (χ0) is 20.2. The Labute approximate surface area is 178 Å². The predicted octanol–water partition coefficient (Wildman–Crippen LogP) is 5.50. The number of carbonyl (C=O) groups excluding carboxylic acids is 1. The van der Waals surface area contributed by atoms with Crippen LogP contribution in [0.25, 0.3) is 10.2 Å². The number of carbonyl (C=O) groups is 1. The van der Waals surface area contributed by atoms with Crippen LogP contribution in [0.15, 0.2) is 71.8 Å². The lowest BCUT2D eigenvalue weighted by atomic mass is 10.1. The minimum Gasteiger partial charge on any atom is -0.282 e. The van der Waals surface area contributed by atoms with E-state index in [0.717, 1.165) is 27.0 Å². The molecule has 6 heteroatoms. The van der Waals surface area contributed by atoms with Crippen LogP contribution in [0.1, 0.15) is 16.8 Å². The molecule has 0 aliphatic carbocycles. The Morgan fingerprint density at radius 1 is 1.07 bits per heavy atom. The van der Waals surface area contributed by atoms with Gasteiger partial charge in [-0.15, -0.1) is 11.8 Å². The molecule has 4 rings (SSSR count). The lowest BCUT2D eigenvalue weighted by Gasteiger charge is -2.19. The van der Waals surface area contributed by atoms with E-state index in [-0.39, 0.29) is 5.91 Å². The molecule has 0 radical (unpaired) electrons. The number of aryl methyl sites for hydroxylation is 1. The minimum atomic E-state index is 0.0178. The molecule has 4 aromatic rings. The number of thiazole rings is 1. The van der Waals surface area contributed by atoms with Gasteiger partial charge in [0.05, 0.1) is 28.9 Å². The predicted molar refractivity (Wildman–Crippen MR) is 122 cm³/mol. The first kappa shape index (κ1) is 19.6. The second kappa shape index (κ2) is 8.76. The summed E-state index contributed by atoms with van der Waals surface area (Å²) in [5.41, 5.74) is 3.91. The number of benzene rings is 2. The van der Waals surface area contributed by atoms with Gasteiger partial charge in [0.2, 0.25) is 5.91 Å². The van der Waals surface area contributed by atoms with E-state index in [4.69, 9.17) is 4.98 Å². The molecule has 146 valence electrons. The fraction of sp³-hybridized carbons (Fsp3) is 0.174. The Morgan fingerprint density at radius 2 is 1.90 bits per heavy atom. The van der Waals surface area contributed by atoms with Gasteiger partial charge in [-0.05, 0) is 54.6 Å². The van der Waals surface area contributed by atoms with Crippen molar-refractivity contribution in [1.82, 2.24) is 9.97 Å². The van der Waals surface area contributed by atoms with Crippen LogP contribution in [0.5, 0.6) is 0 Å². The topological polar surface area (TPSA) is 46.1 Å². The van der Waals surface area contributed by atoms with Crippen molar-refractivity contribution in [2.45, 2.75) is 24.8 Å². The normalized spacial score (nSPS) is 11.0. The van der Waals surface area contributed by atoms with E-state index in [2.05, 4.69) is 17.1 Å². The maximum atomic E-state index is 13.3. The summed E-state index contributed by atoms with van der Waals surface area (Å²) in [5, 5.41) is 0.714. The SMILES string of the molecule is CSc1ccc(CC(=O)N(Cc2ccccn2)c2nc3c(C)cccc3s2)cc1. The fourth-order valence-corrected chi connectivity index (χ4v) is 4.59. The van der Waals surface area contributed by atoms with E-state index in [0.29, 0.717) is 18.1 Å². The van der Waals surface area contributed by atoms with Gasteiger partial charge in [-0.3, -0.25) is 14.7 Å². The van der Waals surface area contributed by atoms with Gasteiger partial charge >= 0.3 is 0 Å². The molecule has 0 saturated heterocycles. The number of para-hydroxylation sites is 1. The first-order valence-electron chi connectivity index (χ1n) is 9.33. The van der Waals surface area contributed by atoms with Crippen LogP contribution in [-0.2, 0) is 17.8 Å². The minimum absolute atomic E-state index is 0.0178. The summed E-state index contributed by atoms with van der Waals surface area (Å²) in [6.45, 7) is 2.45. The average molecular weight is 420 g/mol. The second-order valence-electron chi connectivity index (χ2n) is 6.74. The van der Waals surface area contributed by atoms with Gasteiger partial charge in [-0.25, -0.2) is 4.98 Å². The molecule has 0 unspecified atom stereocenters. The Hall–Kier alpha value is -2.70. The van der Waals surface area contributed by atoms with E-state index in [1.807, 2.05) is 61.7 Å². The Kier molecular flexibility index (Phi) is 5.92. The lowest BCUT2D eigenvalue weighted by Crippen LogP contribution is -2.32. The third kappa shape index (κ3) is 4.49. The van der Waals surface area contributed by atoms with Crippen molar-refractivity contribution < 1.29 is 4.79 Å². The van der Waals surface area contributed by atoms with Gasteiger partial charge in [0.1, 0.15) is 0 Å². The number of thioether (sulfide) groups is 1. The lowest BCUT2D eigenvalue weighted by molar-refractivity contribution is -0.118. The van der Waals surface area contributed by atoms with Crippen molar-refractivity contribution in [2.24, 2.45) is 0 Å². The van der Waals surface area contributed by atoms with Gasteiger partial charge < -0.3 is 0 Å². The molecule has 0 saturated carbocycles. The van der Waals surface area contributed by atoms with Crippen LogP contribution in [-0.4, -0.2) is 22.1 Å². The van der Waals surface area contributed by atoms with E-state index < -0.39 is 0 Å². The highest BCUT2D eigenvalue weighted by molar-refractivity contribution is 7.98. The van der Waals surface area contributed by atoms with E-state index in [9.17, 15) is 4.79 Å². The number of anilines is 1. The highest BCUT2D eigenvalue weighted by atomic mass is 32.2. The van der Waals surface area contributed by atoms with Crippen molar-refractivity contribution in [1.29, 1.82) is 0 Å². The van der Waals surface area contributed by atoms with E-state index in [1.54, 1.807) is 34.2 Å². The largest absolute Gasteiger partial charge is 0.282 e. The van der Waals surface area contributed by atoms with Gasteiger partial charge in [0, 0.05) is 11.1 Å². The Bertz CT molecular complexity index is 1120. The number of fused-ring (bicyclic) bond motifs is 1. The van der Waals surface area contributed by atoms with Gasteiger partial charge in [0.25, 0.3) is 0 Å². The van der Waals surface area contributed by atoms with Gasteiger partial charge in [-0.1, -0.05) is 41.7 Å². The number of hydrogen-bond acceptors (Lipinski definition) is 5. The summed E-state index contributed by atoms with van der Waals surface area (Å²) < 4.78 is 1.09. The standard InChI is InChI=1S/C23H21N3OS2/c1-16-6-5-8-20-22(16)25-23(29-20)26(15-18-7-3-4-13-24-18)21(27)14-17-9-11-19(28-2)12-10-17/h3-13H,14-15H2,1-2H3. The first-order valence-corrected chi connectivity index (χ1v) is 11.4. The van der Waals surface area contributed by atoms with Gasteiger partial charge in [0.15, 0.2) is 5.13 Å². The molecule has 2 aromatic carbocycles. The number of hydrogen-bond donors (Lipinski definition) is 0.